The second-order valence-corrected chi connectivity index (χ2v) is 10.3. The van der Waals surface area contributed by atoms with Gasteiger partial charge in [-0.25, -0.2) is 9.59 Å². The fourth-order valence-electron chi connectivity index (χ4n) is 4.75. The molecule has 3 amide bonds. The third-order valence-electron chi connectivity index (χ3n) is 6.82. The van der Waals surface area contributed by atoms with E-state index in [1.807, 2.05) is 20.8 Å². The Labute approximate surface area is 188 Å². The number of hydrogen-bond acceptors (Lipinski definition) is 5. The maximum Gasteiger partial charge on any atom is 0.408 e. The zero-order valence-corrected chi connectivity index (χ0v) is 19.2. The Balaban J connectivity index is 1.69. The molecule has 178 valence electrons. The number of hydrogen-bond donors (Lipinski definition) is 3. The van der Waals surface area contributed by atoms with Gasteiger partial charge in [0.1, 0.15) is 23.7 Å². The number of carboxylic acids is 1. The monoisotopic (exact) mass is 449 g/mol. The van der Waals surface area contributed by atoms with Crippen LogP contribution in [0.15, 0.2) is 12.7 Å². The first-order valence-electron chi connectivity index (χ1n) is 11.4. The number of carbonyl (C=O) groups is 4. The van der Waals surface area contributed by atoms with Crippen molar-refractivity contribution in [3.8, 4) is 0 Å². The average molecular weight is 450 g/mol. The number of likely N-dealkylation sites (tertiary alicyclic amines) is 1. The molecule has 0 bridgehead atoms. The van der Waals surface area contributed by atoms with Gasteiger partial charge in [0.2, 0.25) is 11.8 Å². The highest BCUT2D eigenvalue weighted by Crippen LogP contribution is 2.44. The van der Waals surface area contributed by atoms with Gasteiger partial charge in [0.25, 0.3) is 0 Å². The smallest absolute Gasteiger partial charge is 0.408 e. The molecule has 4 atom stereocenters. The Morgan fingerprint density at radius 3 is 2.34 bits per heavy atom. The number of aliphatic carboxylic acids is 1. The van der Waals surface area contributed by atoms with E-state index in [1.54, 1.807) is 0 Å². The second kappa shape index (κ2) is 9.11. The minimum Gasteiger partial charge on any atom is -0.479 e. The van der Waals surface area contributed by atoms with Crippen LogP contribution in [0.4, 0.5) is 4.79 Å². The molecule has 3 aliphatic rings. The van der Waals surface area contributed by atoms with E-state index in [0.29, 0.717) is 19.4 Å². The Morgan fingerprint density at radius 1 is 1.16 bits per heavy atom. The normalized spacial score (nSPS) is 28.7. The summed E-state index contributed by atoms with van der Waals surface area (Å²) in [5.74, 6) is -2.28. The van der Waals surface area contributed by atoms with Gasteiger partial charge in [0.15, 0.2) is 0 Å². The molecule has 1 saturated heterocycles. The van der Waals surface area contributed by atoms with Crippen LogP contribution >= 0.6 is 0 Å². The Hall–Kier alpha value is -2.58. The summed E-state index contributed by atoms with van der Waals surface area (Å²) in [6, 6.07) is -1.65. The van der Waals surface area contributed by atoms with Gasteiger partial charge >= 0.3 is 12.1 Å². The Morgan fingerprint density at radius 2 is 1.81 bits per heavy atom. The highest BCUT2D eigenvalue weighted by atomic mass is 16.6. The number of nitrogens with one attached hydrogen (secondary N) is 2. The minimum absolute atomic E-state index is 0.125. The molecular weight excluding hydrogens is 414 g/mol. The van der Waals surface area contributed by atoms with Gasteiger partial charge in [0.05, 0.1) is 0 Å². The van der Waals surface area contributed by atoms with Gasteiger partial charge in [-0.3, -0.25) is 9.59 Å². The third kappa shape index (κ3) is 4.91. The fourth-order valence-corrected chi connectivity index (χ4v) is 4.75. The van der Waals surface area contributed by atoms with Crippen LogP contribution in [0.3, 0.4) is 0 Å². The quantitative estimate of drug-likeness (QED) is 0.512. The lowest BCUT2D eigenvalue weighted by Crippen LogP contribution is -2.59. The van der Waals surface area contributed by atoms with Crippen molar-refractivity contribution in [2.24, 2.45) is 11.3 Å². The number of rotatable bonds is 7. The summed E-state index contributed by atoms with van der Waals surface area (Å²) in [6.45, 7) is 9.53. The van der Waals surface area contributed by atoms with Crippen molar-refractivity contribution in [1.29, 1.82) is 0 Å². The van der Waals surface area contributed by atoms with Crippen LogP contribution < -0.4 is 10.6 Å². The van der Waals surface area contributed by atoms with E-state index in [-0.39, 0.29) is 24.3 Å². The van der Waals surface area contributed by atoms with E-state index >= 15 is 0 Å². The zero-order valence-electron chi connectivity index (χ0n) is 19.2. The lowest BCUT2D eigenvalue weighted by atomic mass is 9.85. The number of carbonyl (C=O) groups excluding carboxylic acids is 3. The van der Waals surface area contributed by atoms with Gasteiger partial charge in [-0.15, -0.1) is 6.58 Å². The van der Waals surface area contributed by atoms with Crippen LogP contribution in [-0.4, -0.2) is 64.2 Å². The van der Waals surface area contributed by atoms with Crippen molar-refractivity contribution in [2.45, 2.75) is 89.4 Å². The van der Waals surface area contributed by atoms with Crippen molar-refractivity contribution in [3.05, 3.63) is 12.7 Å². The molecule has 32 heavy (non-hydrogen) atoms. The Kier molecular flexibility index (Phi) is 6.86. The summed E-state index contributed by atoms with van der Waals surface area (Å²) in [4.78, 5) is 52.1. The standard InChI is InChI=1S/C23H35N3O6/c1-5-14-13-23(14,20(29)30)25-18(27)16-11-8-12-26(16)19(28)17(22(2,3)4)24-21(31)32-15-9-6-7-10-15/h5,14-17H,1,6-13H2,2-4H3,(H,24,31)(H,25,27)(H,29,30)/t14-,16?,17?,23?/m1/s1. The molecule has 3 N–H and O–H groups in total. The topological polar surface area (TPSA) is 125 Å². The third-order valence-corrected chi connectivity index (χ3v) is 6.82. The summed E-state index contributed by atoms with van der Waals surface area (Å²) in [5.41, 5.74) is -1.95. The van der Waals surface area contributed by atoms with E-state index < -0.39 is 41.0 Å². The molecule has 0 aromatic heterocycles. The molecule has 9 nitrogen and oxygen atoms in total. The predicted molar refractivity (Wildman–Crippen MR) is 117 cm³/mol. The van der Waals surface area contributed by atoms with E-state index in [9.17, 15) is 24.3 Å². The van der Waals surface area contributed by atoms with Crippen molar-refractivity contribution in [2.75, 3.05) is 6.54 Å². The summed E-state index contributed by atoms with van der Waals surface area (Å²) < 4.78 is 5.47. The molecular formula is C23H35N3O6. The molecule has 0 spiro atoms. The number of carboxylic acid groups (broad SMARTS) is 1. The molecule has 1 heterocycles. The van der Waals surface area contributed by atoms with E-state index in [1.165, 1.54) is 11.0 Å². The summed E-state index contributed by atoms with van der Waals surface area (Å²) >= 11 is 0. The van der Waals surface area contributed by atoms with E-state index in [2.05, 4.69) is 17.2 Å². The van der Waals surface area contributed by atoms with Crippen LogP contribution in [0, 0.1) is 11.3 Å². The van der Waals surface area contributed by atoms with Crippen LogP contribution in [0.5, 0.6) is 0 Å². The lowest BCUT2D eigenvalue weighted by molar-refractivity contribution is -0.146. The van der Waals surface area contributed by atoms with Crippen LogP contribution in [-0.2, 0) is 19.1 Å². The van der Waals surface area contributed by atoms with Crippen LogP contribution in [0.1, 0.15) is 65.7 Å². The number of amides is 3. The molecule has 3 fully saturated rings. The molecule has 2 saturated carbocycles. The van der Waals surface area contributed by atoms with Crippen molar-refractivity contribution >= 4 is 23.9 Å². The van der Waals surface area contributed by atoms with Gasteiger partial charge in [-0.2, -0.15) is 0 Å². The molecule has 0 radical (unpaired) electrons. The first-order chi connectivity index (χ1) is 15.0. The average Bonchev–Trinajstić information content (AvgIpc) is 3.06. The molecule has 2 aliphatic carbocycles. The van der Waals surface area contributed by atoms with Crippen molar-refractivity contribution in [3.63, 3.8) is 0 Å². The van der Waals surface area contributed by atoms with E-state index in [4.69, 9.17) is 4.74 Å². The van der Waals surface area contributed by atoms with Crippen molar-refractivity contribution < 1.29 is 29.0 Å². The van der Waals surface area contributed by atoms with Crippen LogP contribution in [0.2, 0.25) is 0 Å². The largest absolute Gasteiger partial charge is 0.479 e. The molecule has 0 aromatic rings. The first-order valence-corrected chi connectivity index (χ1v) is 11.4. The van der Waals surface area contributed by atoms with Gasteiger partial charge in [-0.1, -0.05) is 26.8 Å². The maximum absolute atomic E-state index is 13.5. The number of alkyl carbamates (subject to hydrolysis) is 1. The van der Waals surface area contributed by atoms with E-state index in [0.717, 1.165) is 25.7 Å². The lowest BCUT2D eigenvalue weighted by Gasteiger charge is -2.35. The molecule has 3 unspecified atom stereocenters. The maximum atomic E-state index is 13.5. The predicted octanol–water partition coefficient (Wildman–Crippen LogP) is 2.21. The molecule has 3 rings (SSSR count). The van der Waals surface area contributed by atoms with Gasteiger partial charge < -0.3 is 25.4 Å². The molecule has 9 heteroatoms. The van der Waals surface area contributed by atoms with Crippen LogP contribution in [0.25, 0.3) is 0 Å². The van der Waals surface area contributed by atoms with Crippen molar-refractivity contribution in [1.82, 2.24) is 15.5 Å². The fraction of sp³-hybridized carbons (Fsp3) is 0.739. The van der Waals surface area contributed by atoms with Gasteiger partial charge in [-0.05, 0) is 50.4 Å². The number of ether oxygens (including phenoxy) is 1. The minimum atomic E-state index is -1.34. The van der Waals surface area contributed by atoms with Gasteiger partial charge in [0, 0.05) is 12.5 Å². The highest BCUT2D eigenvalue weighted by molar-refractivity contribution is 5.96. The highest BCUT2D eigenvalue weighted by Gasteiger charge is 2.61. The Bertz CT molecular complexity index is 785. The number of nitrogens with zero attached hydrogens (tertiary/aromatic N) is 1. The SMILES string of the molecule is C=C[C@@H]1CC1(NC(=O)C1CCCN1C(=O)C(NC(=O)OC1CCCC1)C(C)(C)C)C(=O)O. The molecule has 1 aliphatic heterocycles. The second-order valence-electron chi connectivity index (χ2n) is 10.3. The zero-order chi connectivity index (χ0) is 23.7. The molecule has 0 aromatic carbocycles. The summed E-state index contributed by atoms with van der Waals surface area (Å²) in [7, 11) is 0. The summed E-state index contributed by atoms with van der Waals surface area (Å²) in [5, 5.41) is 14.9. The first kappa shape index (κ1) is 24.1. The summed E-state index contributed by atoms with van der Waals surface area (Å²) in [6.07, 6.45) is 5.83.